The van der Waals surface area contributed by atoms with Gasteiger partial charge in [0.1, 0.15) is 11.9 Å². The fraction of sp³-hybridized carbons (Fsp3) is 0.519. The molecule has 0 aliphatic heterocycles. The minimum atomic E-state index is -0.0442. The van der Waals surface area contributed by atoms with E-state index in [1.165, 1.54) is 29.5 Å². The average Bonchev–Trinajstić information content (AvgIpc) is 3.09. The minimum absolute atomic E-state index is 0.0442. The van der Waals surface area contributed by atoms with Crippen LogP contribution in [0.5, 0.6) is 5.75 Å². The summed E-state index contributed by atoms with van der Waals surface area (Å²) in [4.78, 5) is 12.6. The number of esters is 1. The highest BCUT2D eigenvalue weighted by Gasteiger charge is 2.56. The van der Waals surface area contributed by atoms with Gasteiger partial charge < -0.3 is 9.84 Å². The fourth-order valence-corrected chi connectivity index (χ4v) is 6.82. The normalized spacial score (nSPS) is 32.0. The summed E-state index contributed by atoms with van der Waals surface area (Å²) < 4.78 is 6.10. The van der Waals surface area contributed by atoms with Gasteiger partial charge in [0.15, 0.2) is 0 Å². The van der Waals surface area contributed by atoms with Crippen LogP contribution in [0.15, 0.2) is 48.5 Å². The molecule has 3 aliphatic carbocycles. The van der Waals surface area contributed by atoms with Crippen LogP contribution < -0.4 is 0 Å². The lowest BCUT2D eigenvalue weighted by Crippen LogP contribution is -2.45. The first-order chi connectivity index (χ1) is 14.5. The molecule has 30 heavy (non-hydrogen) atoms. The monoisotopic (exact) mass is 404 g/mol. The van der Waals surface area contributed by atoms with Crippen molar-refractivity contribution in [3.8, 4) is 5.75 Å². The number of carbonyl (C=O) groups excluding carboxylic acids is 1. The Labute approximate surface area is 179 Å². The summed E-state index contributed by atoms with van der Waals surface area (Å²) in [6.07, 6.45) is 7.97. The first-order valence-corrected chi connectivity index (χ1v) is 11.6. The molecule has 2 aromatic carbocycles. The quantitative estimate of drug-likeness (QED) is 0.656. The lowest BCUT2D eigenvalue weighted by Gasteiger charge is -2.50. The summed E-state index contributed by atoms with van der Waals surface area (Å²) in [6.45, 7) is 2.38. The molecule has 3 heteroatoms. The number of fused-ring (bicyclic) bond motifs is 5. The molecule has 0 spiro atoms. The number of aromatic hydroxyl groups is 1. The van der Waals surface area contributed by atoms with Crippen molar-refractivity contribution in [2.24, 2.45) is 17.3 Å². The zero-order chi connectivity index (χ0) is 20.7. The third-order valence-electron chi connectivity index (χ3n) is 8.36. The van der Waals surface area contributed by atoms with Crippen molar-refractivity contribution in [3.63, 3.8) is 0 Å². The molecule has 0 unspecified atom stereocenters. The van der Waals surface area contributed by atoms with Crippen LogP contribution in [0.3, 0.4) is 0 Å². The summed E-state index contributed by atoms with van der Waals surface area (Å²) in [5, 5.41) is 9.86. The van der Waals surface area contributed by atoms with E-state index >= 15 is 0 Å². The number of benzene rings is 2. The van der Waals surface area contributed by atoms with Crippen LogP contribution in [0.1, 0.15) is 68.1 Å². The van der Waals surface area contributed by atoms with Gasteiger partial charge in [-0.1, -0.05) is 43.3 Å². The fourth-order valence-electron chi connectivity index (χ4n) is 6.82. The number of hydrogen-bond donors (Lipinski definition) is 1. The molecular weight excluding hydrogens is 372 g/mol. The van der Waals surface area contributed by atoms with Gasteiger partial charge in [0.05, 0.1) is 0 Å². The van der Waals surface area contributed by atoms with E-state index in [1.807, 2.05) is 30.3 Å². The second kappa shape index (κ2) is 7.76. The van der Waals surface area contributed by atoms with E-state index in [9.17, 15) is 9.90 Å². The van der Waals surface area contributed by atoms with Gasteiger partial charge in [0.2, 0.25) is 0 Å². The van der Waals surface area contributed by atoms with Crippen LogP contribution in [0.2, 0.25) is 0 Å². The Morgan fingerprint density at radius 2 is 1.93 bits per heavy atom. The van der Waals surface area contributed by atoms with E-state index in [2.05, 4.69) is 25.1 Å². The summed E-state index contributed by atoms with van der Waals surface area (Å²) in [7, 11) is 0. The molecule has 2 saturated carbocycles. The minimum Gasteiger partial charge on any atom is -0.508 e. The number of carbonyl (C=O) groups is 1. The highest BCUT2D eigenvalue weighted by atomic mass is 16.5. The summed E-state index contributed by atoms with van der Waals surface area (Å²) >= 11 is 0. The van der Waals surface area contributed by atoms with Crippen LogP contribution in [-0.4, -0.2) is 17.2 Å². The first-order valence-electron chi connectivity index (χ1n) is 11.6. The molecule has 3 nitrogen and oxygen atoms in total. The van der Waals surface area contributed by atoms with Gasteiger partial charge in [-0.2, -0.15) is 0 Å². The van der Waals surface area contributed by atoms with Crippen molar-refractivity contribution < 1.29 is 14.6 Å². The largest absolute Gasteiger partial charge is 0.508 e. The molecule has 5 rings (SSSR count). The maximum atomic E-state index is 12.6. The Kier molecular flexibility index (Phi) is 5.08. The van der Waals surface area contributed by atoms with Gasteiger partial charge in [-0.3, -0.25) is 4.79 Å². The van der Waals surface area contributed by atoms with Crippen molar-refractivity contribution in [1.29, 1.82) is 0 Å². The predicted molar refractivity (Wildman–Crippen MR) is 117 cm³/mol. The van der Waals surface area contributed by atoms with Crippen molar-refractivity contribution in [2.75, 3.05) is 0 Å². The summed E-state index contributed by atoms with van der Waals surface area (Å²) in [6, 6.07) is 16.2. The topological polar surface area (TPSA) is 46.5 Å². The van der Waals surface area contributed by atoms with E-state index in [4.69, 9.17) is 4.74 Å². The van der Waals surface area contributed by atoms with Crippen LogP contribution >= 0.6 is 0 Å². The Morgan fingerprint density at radius 1 is 1.10 bits per heavy atom. The zero-order valence-electron chi connectivity index (χ0n) is 17.8. The molecule has 2 fully saturated rings. The Morgan fingerprint density at radius 3 is 2.77 bits per heavy atom. The van der Waals surface area contributed by atoms with Crippen molar-refractivity contribution in [1.82, 2.24) is 0 Å². The van der Waals surface area contributed by atoms with Gasteiger partial charge in [-0.15, -0.1) is 0 Å². The van der Waals surface area contributed by atoms with Gasteiger partial charge in [0, 0.05) is 11.8 Å². The molecule has 158 valence electrons. The van der Waals surface area contributed by atoms with Gasteiger partial charge in [-0.05, 0) is 91.5 Å². The molecule has 3 aliphatic rings. The molecule has 5 atom stereocenters. The molecule has 1 N–H and O–H groups in total. The number of hydrogen-bond acceptors (Lipinski definition) is 3. The third-order valence-corrected chi connectivity index (χ3v) is 8.36. The van der Waals surface area contributed by atoms with E-state index in [1.54, 1.807) is 0 Å². The number of ether oxygens (including phenoxy) is 1. The third kappa shape index (κ3) is 3.42. The average molecular weight is 405 g/mol. The molecule has 0 saturated heterocycles. The van der Waals surface area contributed by atoms with Gasteiger partial charge in [-0.25, -0.2) is 0 Å². The van der Waals surface area contributed by atoms with Crippen LogP contribution in [0.25, 0.3) is 0 Å². The number of rotatable bonds is 4. The van der Waals surface area contributed by atoms with Crippen LogP contribution in [0.4, 0.5) is 0 Å². The van der Waals surface area contributed by atoms with E-state index in [0.717, 1.165) is 32.1 Å². The number of aryl methyl sites for hydroxylation is 2. The lowest BCUT2D eigenvalue weighted by molar-refractivity contribution is -0.157. The van der Waals surface area contributed by atoms with Gasteiger partial charge >= 0.3 is 5.97 Å². The summed E-state index contributed by atoms with van der Waals surface area (Å²) in [5.41, 5.74) is 4.09. The van der Waals surface area contributed by atoms with Crippen molar-refractivity contribution in [3.05, 3.63) is 65.2 Å². The number of phenolic OH excluding ortho intramolecular Hbond substituents is 1. The molecule has 0 amide bonds. The van der Waals surface area contributed by atoms with E-state index < -0.39 is 0 Å². The Bertz CT molecular complexity index is 921. The molecule has 0 aromatic heterocycles. The lowest BCUT2D eigenvalue weighted by atomic mass is 9.55. The highest BCUT2D eigenvalue weighted by Crippen LogP contribution is 2.61. The molecular formula is C27H32O3. The molecule has 0 radical (unpaired) electrons. The van der Waals surface area contributed by atoms with Crippen molar-refractivity contribution in [2.45, 2.75) is 70.3 Å². The van der Waals surface area contributed by atoms with E-state index in [0.29, 0.717) is 29.9 Å². The Balaban J connectivity index is 1.26. The Hall–Kier alpha value is -2.29. The smallest absolute Gasteiger partial charge is 0.306 e. The van der Waals surface area contributed by atoms with E-state index in [-0.39, 0.29) is 17.5 Å². The van der Waals surface area contributed by atoms with Gasteiger partial charge in [0.25, 0.3) is 0 Å². The number of phenols is 1. The maximum absolute atomic E-state index is 12.6. The molecule has 2 aromatic rings. The molecule has 0 bridgehead atoms. The van der Waals surface area contributed by atoms with Crippen LogP contribution in [0, 0.1) is 17.3 Å². The predicted octanol–water partition coefficient (Wildman–Crippen LogP) is 5.79. The maximum Gasteiger partial charge on any atom is 0.306 e. The SMILES string of the molecule is C[C@]12CC[C@H]3c4ccc(O)cc4CC[C@@H]3[C@@H]1CC[C@@H]2OC(=O)CCc1ccccc1. The summed E-state index contributed by atoms with van der Waals surface area (Å²) in [5.74, 6) is 2.24. The van der Waals surface area contributed by atoms with Crippen molar-refractivity contribution >= 4 is 5.97 Å². The highest BCUT2D eigenvalue weighted by molar-refractivity contribution is 5.70. The second-order valence-corrected chi connectivity index (χ2v) is 9.88. The molecule has 0 heterocycles. The second-order valence-electron chi connectivity index (χ2n) is 9.88. The van der Waals surface area contributed by atoms with Crippen LogP contribution in [-0.2, 0) is 22.4 Å². The standard InChI is InChI=1S/C27H32O3/c1-27-16-15-22-21-11-9-20(28)17-19(21)8-10-23(22)24(27)12-13-25(27)30-26(29)14-7-18-5-3-2-4-6-18/h2-6,9,11,17,22-25,28H,7-8,10,12-16H2,1H3/t22-,23-,24-,25-,27-/m0/s1. The first kappa shape index (κ1) is 19.7. The zero-order valence-corrected chi connectivity index (χ0v) is 17.8.